The van der Waals surface area contributed by atoms with E-state index in [2.05, 4.69) is 0 Å². The minimum absolute atomic E-state index is 0.0935. The molecule has 0 bridgehead atoms. The van der Waals surface area contributed by atoms with Gasteiger partial charge < -0.3 is 0 Å². The zero-order chi connectivity index (χ0) is 13.2. The van der Waals surface area contributed by atoms with Gasteiger partial charge in [0.2, 0.25) is 0 Å². The molecular formula is C13H9F3OS. The molecule has 1 aromatic heterocycles. The van der Waals surface area contributed by atoms with E-state index in [1.807, 2.05) is 10.8 Å². The highest BCUT2D eigenvalue weighted by molar-refractivity contribution is 7.08. The number of halogens is 3. The monoisotopic (exact) mass is 270 g/mol. The number of benzene rings is 1. The van der Waals surface area contributed by atoms with Crippen LogP contribution in [0.25, 0.3) is 0 Å². The lowest BCUT2D eigenvalue weighted by atomic mass is 10.0. The maximum atomic E-state index is 12.5. The molecule has 0 fully saturated rings. The van der Waals surface area contributed by atoms with Crippen LogP contribution in [0.1, 0.15) is 21.5 Å². The topological polar surface area (TPSA) is 17.1 Å². The van der Waals surface area contributed by atoms with Crippen molar-refractivity contribution in [2.24, 2.45) is 0 Å². The first kappa shape index (κ1) is 12.8. The molecule has 0 radical (unpaired) electrons. The predicted molar refractivity (Wildman–Crippen MR) is 63.8 cm³/mol. The van der Waals surface area contributed by atoms with E-state index < -0.39 is 11.7 Å². The average molecular weight is 270 g/mol. The van der Waals surface area contributed by atoms with Crippen molar-refractivity contribution in [3.63, 3.8) is 0 Å². The largest absolute Gasteiger partial charge is 0.416 e. The highest BCUT2D eigenvalue weighted by atomic mass is 32.1. The van der Waals surface area contributed by atoms with Gasteiger partial charge in [0.25, 0.3) is 0 Å². The van der Waals surface area contributed by atoms with Gasteiger partial charge in [-0.3, -0.25) is 4.79 Å². The smallest absolute Gasteiger partial charge is 0.294 e. The van der Waals surface area contributed by atoms with Crippen LogP contribution in [0.3, 0.4) is 0 Å². The zero-order valence-corrected chi connectivity index (χ0v) is 10.0. The summed E-state index contributed by atoms with van der Waals surface area (Å²) >= 11 is 1.45. The maximum absolute atomic E-state index is 12.5. The van der Waals surface area contributed by atoms with E-state index in [0.29, 0.717) is 0 Å². The highest BCUT2D eigenvalue weighted by Gasteiger charge is 2.30. The molecule has 0 unspecified atom stereocenters. The maximum Gasteiger partial charge on any atom is 0.416 e. The van der Waals surface area contributed by atoms with E-state index in [-0.39, 0.29) is 17.8 Å². The van der Waals surface area contributed by atoms with Crippen LogP contribution in [0.5, 0.6) is 0 Å². The van der Waals surface area contributed by atoms with Crippen molar-refractivity contribution in [3.05, 3.63) is 57.8 Å². The molecule has 5 heteroatoms. The Balaban J connectivity index is 2.21. The van der Waals surface area contributed by atoms with E-state index in [9.17, 15) is 18.0 Å². The molecule has 0 N–H and O–H groups in total. The normalized spacial score (nSPS) is 11.5. The number of Topliss-reactive ketones (excluding diaryl/α,β-unsaturated/α-hetero) is 1. The molecule has 94 valence electrons. The van der Waals surface area contributed by atoms with E-state index in [1.165, 1.54) is 23.5 Å². The fraction of sp³-hybridized carbons (Fsp3) is 0.154. The van der Waals surface area contributed by atoms with Crippen LogP contribution in [0, 0.1) is 0 Å². The molecule has 2 aromatic rings. The van der Waals surface area contributed by atoms with Crippen LogP contribution >= 0.6 is 11.3 Å². The SMILES string of the molecule is O=C(Cc1ccsc1)c1cccc(C(F)(F)F)c1. The van der Waals surface area contributed by atoms with E-state index in [0.717, 1.165) is 17.7 Å². The second-order valence-electron chi connectivity index (χ2n) is 3.81. The minimum atomic E-state index is -4.42. The second kappa shape index (κ2) is 4.94. The van der Waals surface area contributed by atoms with Crippen molar-refractivity contribution in [1.82, 2.24) is 0 Å². The van der Waals surface area contributed by atoms with Crippen molar-refractivity contribution < 1.29 is 18.0 Å². The number of carbonyl (C=O) groups is 1. The van der Waals surface area contributed by atoms with Crippen LogP contribution < -0.4 is 0 Å². The number of hydrogen-bond acceptors (Lipinski definition) is 2. The summed E-state index contributed by atoms with van der Waals surface area (Å²) in [6, 6.07) is 6.31. The lowest BCUT2D eigenvalue weighted by Gasteiger charge is -2.07. The molecule has 1 nitrogen and oxygen atoms in total. The Morgan fingerprint density at radius 3 is 2.61 bits per heavy atom. The summed E-state index contributed by atoms with van der Waals surface area (Å²) in [5, 5.41) is 3.64. The van der Waals surface area contributed by atoms with E-state index >= 15 is 0 Å². The van der Waals surface area contributed by atoms with Gasteiger partial charge in [-0.15, -0.1) is 0 Å². The summed E-state index contributed by atoms with van der Waals surface area (Å²) in [6.45, 7) is 0. The number of thiophene rings is 1. The van der Waals surface area contributed by atoms with Crippen molar-refractivity contribution >= 4 is 17.1 Å². The molecular weight excluding hydrogens is 261 g/mol. The van der Waals surface area contributed by atoms with Crippen LogP contribution in [-0.2, 0) is 12.6 Å². The van der Waals surface area contributed by atoms with Crippen molar-refractivity contribution in [2.75, 3.05) is 0 Å². The van der Waals surface area contributed by atoms with Gasteiger partial charge in [0, 0.05) is 12.0 Å². The van der Waals surface area contributed by atoms with Gasteiger partial charge in [0.1, 0.15) is 0 Å². The summed E-state index contributed by atoms with van der Waals surface area (Å²) in [5.74, 6) is -0.306. The quantitative estimate of drug-likeness (QED) is 0.764. The van der Waals surface area contributed by atoms with Crippen LogP contribution in [0.15, 0.2) is 41.1 Å². The van der Waals surface area contributed by atoms with Gasteiger partial charge in [-0.1, -0.05) is 12.1 Å². The number of alkyl halides is 3. The molecule has 0 aliphatic heterocycles. The molecule has 0 aliphatic rings. The molecule has 0 saturated heterocycles. The molecule has 0 spiro atoms. The molecule has 0 aliphatic carbocycles. The summed E-state index contributed by atoms with van der Waals surface area (Å²) < 4.78 is 37.5. The number of ketones is 1. The van der Waals surface area contributed by atoms with Crippen LogP contribution in [0.2, 0.25) is 0 Å². The van der Waals surface area contributed by atoms with Gasteiger partial charge in [0.15, 0.2) is 5.78 Å². The molecule has 0 saturated carbocycles. The molecule has 2 rings (SSSR count). The molecule has 18 heavy (non-hydrogen) atoms. The minimum Gasteiger partial charge on any atom is -0.294 e. The number of rotatable bonds is 3. The fourth-order valence-corrected chi connectivity index (χ4v) is 2.22. The fourth-order valence-electron chi connectivity index (χ4n) is 1.55. The lowest BCUT2D eigenvalue weighted by Crippen LogP contribution is -2.08. The summed E-state index contributed by atoms with van der Waals surface area (Å²) in [5.41, 5.74) is 0.122. The average Bonchev–Trinajstić information content (AvgIpc) is 2.81. The highest BCUT2D eigenvalue weighted by Crippen LogP contribution is 2.29. The van der Waals surface area contributed by atoms with Gasteiger partial charge in [-0.2, -0.15) is 24.5 Å². The Morgan fingerprint density at radius 2 is 2.00 bits per heavy atom. The van der Waals surface area contributed by atoms with Gasteiger partial charge >= 0.3 is 6.18 Å². The zero-order valence-electron chi connectivity index (χ0n) is 9.20. The number of hydrogen-bond donors (Lipinski definition) is 0. The van der Waals surface area contributed by atoms with Crippen molar-refractivity contribution in [3.8, 4) is 0 Å². The van der Waals surface area contributed by atoms with E-state index in [1.54, 1.807) is 6.07 Å². The molecule has 0 amide bonds. The number of carbonyl (C=O) groups excluding carboxylic acids is 1. The third-order valence-corrected chi connectivity index (χ3v) is 3.19. The molecule has 1 heterocycles. The Labute approximate surface area is 106 Å². The summed E-state index contributed by atoms with van der Waals surface area (Å²) in [7, 11) is 0. The molecule has 0 atom stereocenters. The predicted octanol–water partition coefficient (Wildman–Crippen LogP) is 4.19. The molecule has 1 aromatic carbocycles. The first-order chi connectivity index (χ1) is 8.47. The lowest BCUT2D eigenvalue weighted by molar-refractivity contribution is -0.137. The third-order valence-electron chi connectivity index (χ3n) is 2.46. The Morgan fingerprint density at radius 1 is 1.22 bits per heavy atom. The Bertz CT molecular complexity index is 544. The van der Waals surface area contributed by atoms with Crippen LogP contribution in [-0.4, -0.2) is 5.78 Å². The van der Waals surface area contributed by atoms with Gasteiger partial charge in [0.05, 0.1) is 5.56 Å². The van der Waals surface area contributed by atoms with Gasteiger partial charge in [-0.25, -0.2) is 0 Å². The Kier molecular flexibility index (Phi) is 3.52. The summed E-state index contributed by atoms with van der Waals surface area (Å²) in [4.78, 5) is 11.8. The third kappa shape index (κ3) is 2.98. The second-order valence-corrected chi connectivity index (χ2v) is 4.59. The Hall–Kier alpha value is -1.62. The van der Waals surface area contributed by atoms with Gasteiger partial charge in [-0.05, 0) is 34.5 Å². The van der Waals surface area contributed by atoms with E-state index in [4.69, 9.17) is 0 Å². The summed E-state index contributed by atoms with van der Waals surface area (Å²) in [6.07, 6.45) is -4.29. The van der Waals surface area contributed by atoms with Crippen molar-refractivity contribution in [2.45, 2.75) is 12.6 Å². The van der Waals surface area contributed by atoms with Crippen LogP contribution in [0.4, 0.5) is 13.2 Å². The first-order valence-electron chi connectivity index (χ1n) is 5.18. The standard InChI is InChI=1S/C13H9F3OS/c14-13(15,16)11-3-1-2-10(7-11)12(17)6-9-4-5-18-8-9/h1-5,7-8H,6H2. The van der Waals surface area contributed by atoms with Crippen molar-refractivity contribution in [1.29, 1.82) is 0 Å². The first-order valence-corrected chi connectivity index (χ1v) is 6.12.